The Hall–Kier alpha value is -2.17. The van der Waals surface area contributed by atoms with Crippen molar-refractivity contribution < 1.29 is 28.9 Å². The van der Waals surface area contributed by atoms with E-state index in [0.29, 0.717) is 0 Å². The predicted octanol–water partition coefficient (Wildman–Crippen LogP) is -0.409. The number of esters is 2. The van der Waals surface area contributed by atoms with Gasteiger partial charge in [-0.05, 0) is 0 Å². The molecular formula is C15H19ClN2O8. The van der Waals surface area contributed by atoms with Gasteiger partial charge in [-0.15, -0.1) is 11.6 Å². The molecule has 1 aromatic rings. The fourth-order valence-electron chi connectivity index (χ4n) is 2.59. The van der Waals surface area contributed by atoms with Crippen LogP contribution in [0.25, 0.3) is 0 Å². The van der Waals surface area contributed by atoms with Crippen molar-refractivity contribution in [3.05, 3.63) is 32.6 Å². The van der Waals surface area contributed by atoms with Gasteiger partial charge in [0.1, 0.15) is 25.0 Å². The van der Waals surface area contributed by atoms with Crippen LogP contribution in [-0.4, -0.2) is 51.3 Å². The van der Waals surface area contributed by atoms with Gasteiger partial charge in [-0.3, -0.25) is 23.9 Å². The summed E-state index contributed by atoms with van der Waals surface area (Å²) in [4.78, 5) is 48.3. The molecule has 1 unspecified atom stereocenters. The molecule has 0 bridgehead atoms. The van der Waals surface area contributed by atoms with E-state index in [-0.39, 0.29) is 24.5 Å². The van der Waals surface area contributed by atoms with Crippen molar-refractivity contribution in [3.8, 4) is 0 Å². The zero-order valence-corrected chi connectivity index (χ0v) is 14.9. The molecule has 0 spiro atoms. The highest BCUT2D eigenvalue weighted by Gasteiger charge is 2.39. The van der Waals surface area contributed by atoms with Crippen LogP contribution in [-0.2, 0) is 23.8 Å². The van der Waals surface area contributed by atoms with Crippen LogP contribution >= 0.6 is 11.6 Å². The summed E-state index contributed by atoms with van der Waals surface area (Å²) in [7, 11) is 0. The minimum atomic E-state index is -1.27. The van der Waals surface area contributed by atoms with Gasteiger partial charge in [0.15, 0.2) is 0 Å². The van der Waals surface area contributed by atoms with Crippen LogP contribution in [0.15, 0.2) is 15.8 Å². The summed E-state index contributed by atoms with van der Waals surface area (Å²) in [5.74, 6) is -1.33. The summed E-state index contributed by atoms with van der Waals surface area (Å²) in [5.41, 5.74) is -1.62. The van der Waals surface area contributed by atoms with Crippen LogP contribution in [0.3, 0.4) is 0 Å². The lowest BCUT2D eigenvalue weighted by atomic mass is 10.2. The molecule has 11 heteroatoms. The fraction of sp³-hybridized carbons (Fsp3) is 0.600. The van der Waals surface area contributed by atoms with Crippen LogP contribution in [0.2, 0.25) is 0 Å². The molecule has 0 aliphatic carbocycles. The number of H-pyrrole nitrogens is 1. The van der Waals surface area contributed by atoms with Gasteiger partial charge in [-0.1, -0.05) is 0 Å². The van der Waals surface area contributed by atoms with E-state index in [1.807, 2.05) is 0 Å². The second kappa shape index (κ2) is 8.47. The number of aliphatic hydroxyl groups excluding tert-OH is 1. The second-order valence-electron chi connectivity index (χ2n) is 5.74. The average Bonchev–Trinajstić information content (AvgIpc) is 2.94. The molecule has 26 heavy (non-hydrogen) atoms. The van der Waals surface area contributed by atoms with E-state index in [1.165, 1.54) is 13.8 Å². The Morgan fingerprint density at radius 3 is 2.69 bits per heavy atom. The smallest absolute Gasteiger partial charge is 0.330 e. The number of rotatable bonds is 6. The summed E-state index contributed by atoms with van der Waals surface area (Å²) in [5, 5.41) is 9.80. The van der Waals surface area contributed by atoms with Gasteiger partial charge in [0.2, 0.25) is 0 Å². The zero-order chi connectivity index (χ0) is 19.4. The summed E-state index contributed by atoms with van der Waals surface area (Å²) in [6.07, 6.45) is -2.46. The topological polar surface area (TPSA) is 137 Å². The van der Waals surface area contributed by atoms with E-state index < -0.39 is 47.7 Å². The molecule has 0 aromatic carbocycles. The molecule has 1 saturated heterocycles. The molecule has 0 radical (unpaired) electrons. The lowest BCUT2D eigenvalue weighted by Crippen LogP contribution is -2.35. The Labute approximate surface area is 152 Å². The number of hydrogen-bond acceptors (Lipinski definition) is 8. The number of nitrogens with one attached hydrogen (secondary N) is 1. The number of hydrogen-bond donors (Lipinski definition) is 2. The van der Waals surface area contributed by atoms with Crippen molar-refractivity contribution in [1.29, 1.82) is 0 Å². The molecule has 2 rings (SSSR count). The number of ether oxygens (including phenoxy) is 3. The average molecular weight is 391 g/mol. The SMILES string of the molecule is CC(=O)OC[C@H]1O[C@@H](n2cc(C(O)CCl)c(=O)[nH]c2=O)C[C@@H]1OC(C)=O. The molecule has 0 saturated carbocycles. The van der Waals surface area contributed by atoms with Crippen molar-refractivity contribution in [2.75, 3.05) is 12.5 Å². The largest absolute Gasteiger partial charge is 0.463 e. The third-order valence-electron chi connectivity index (χ3n) is 3.76. The number of halogens is 1. The lowest BCUT2D eigenvalue weighted by molar-refractivity contribution is -0.155. The normalized spacial score (nSPS) is 23.5. The number of aromatic nitrogens is 2. The quantitative estimate of drug-likeness (QED) is 0.494. The third-order valence-corrected chi connectivity index (χ3v) is 4.05. The molecule has 2 heterocycles. The number of aliphatic hydroxyl groups is 1. The summed E-state index contributed by atoms with van der Waals surface area (Å²) in [6.45, 7) is 2.27. The minimum absolute atomic E-state index is 0.0911. The maximum Gasteiger partial charge on any atom is 0.330 e. The van der Waals surface area contributed by atoms with Crippen LogP contribution in [0.4, 0.5) is 0 Å². The molecule has 0 amide bonds. The van der Waals surface area contributed by atoms with Crippen LogP contribution in [0, 0.1) is 0 Å². The molecule has 10 nitrogen and oxygen atoms in total. The summed E-state index contributed by atoms with van der Waals surface area (Å²) >= 11 is 5.56. The zero-order valence-electron chi connectivity index (χ0n) is 14.1. The highest BCUT2D eigenvalue weighted by molar-refractivity contribution is 6.18. The molecule has 1 aliphatic rings. The third kappa shape index (κ3) is 4.71. The highest BCUT2D eigenvalue weighted by Crippen LogP contribution is 2.30. The van der Waals surface area contributed by atoms with E-state index >= 15 is 0 Å². The first kappa shape index (κ1) is 20.1. The Morgan fingerprint density at radius 2 is 2.12 bits per heavy atom. The summed E-state index contributed by atoms with van der Waals surface area (Å²) < 4.78 is 16.8. The van der Waals surface area contributed by atoms with Crippen LogP contribution in [0.1, 0.15) is 38.2 Å². The van der Waals surface area contributed by atoms with Gasteiger partial charge >= 0.3 is 17.6 Å². The monoisotopic (exact) mass is 390 g/mol. The van der Waals surface area contributed by atoms with Crippen molar-refractivity contribution >= 4 is 23.5 Å². The van der Waals surface area contributed by atoms with Crippen molar-refractivity contribution in [3.63, 3.8) is 0 Å². The van der Waals surface area contributed by atoms with E-state index in [0.717, 1.165) is 10.8 Å². The Balaban J connectivity index is 2.30. The Morgan fingerprint density at radius 1 is 1.42 bits per heavy atom. The van der Waals surface area contributed by atoms with E-state index in [9.17, 15) is 24.3 Å². The molecule has 1 aliphatic heterocycles. The van der Waals surface area contributed by atoms with E-state index in [1.54, 1.807) is 0 Å². The molecule has 1 fully saturated rings. The Bertz CT molecular complexity index is 789. The van der Waals surface area contributed by atoms with Gasteiger partial charge < -0.3 is 19.3 Å². The lowest BCUT2D eigenvalue weighted by Gasteiger charge is -2.18. The summed E-state index contributed by atoms with van der Waals surface area (Å²) in [6, 6.07) is 0. The first-order valence-electron chi connectivity index (χ1n) is 7.78. The Kier molecular flexibility index (Phi) is 6.57. The van der Waals surface area contributed by atoms with Crippen LogP contribution in [0.5, 0.6) is 0 Å². The molecule has 144 valence electrons. The first-order valence-corrected chi connectivity index (χ1v) is 8.31. The van der Waals surface area contributed by atoms with Crippen LogP contribution < -0.4 is 11.2 Å². The molecule has 1 aromatic heterocycles. The minimum Gasteiger partial charge on any atom is -0.463 e. The van der Waals surface area contributed by atoms with Gasteiger partial charge in [0, 0.05) is 26.5 Å². The number of carbonyl (C=O) groups is 2. The standard InChI is InChI=1S/C15H19ClN2O8/c1-7(19)24-6-12-11(25-8(2)20)3-13(26-12)18-5-9(10(21)4-16)14(22)17-15(18)23/h5,10-13,21H,3-4,6H2,1-2H3,(H,17,22,23)/t10?,11-,12+,13+/m0/s1. The number of alkyl halides is 1. The number of aromatic amines is 1. The predicted molar refractivity (Wildman–Crippen MR) is 87.7 cm³/mol. The van der Waals surface area contributed by atoms with Gasteiger partial charge in [0.05, 0.1) is 17.5 Å². The first-order chi connectivity index (χ1) is 12.2. The van der Waals surface area contributed by atoms with Crippen molar-refractivity contribution in [1.82, 2.24) is 9.55 Å². The fourth-order valence-corrected chi connectivity index (χ4v) is 2.76. The van der Waals surface area contributed by atoms with Gasteiger partial charge in [-0.25, -0.2) is 4.79 Å². The maximum absolute atomic E-state index is 12.1. The molecule has 2 N–H and O–H groups in total. The van der Waals surface area contributed by atoms with Gasteiger partial charge in [0.25, 0.3) is 5.56 Å². The van der Waals surface area contributed by atoms with Crippen molar-refractivity contribution in [2.24, 2.45) is 0 Å². The van der Waals surface area contributed by atoms with Crippen molar-refractivity contribution in [2.45, 2.75) is 44.8 Å². The highest BCUT2D eigenvalue weighted by atomic mass is 35.5. The maximum atomic E-state index is 12.1. The molecular weight excluding hydrogens is 372 g/mol. The molecule has 4 atom stereocenters. The number of nitrogens with zero attached hydrogens (tertiary/aromatic N) is 1. The number of carbonyl (C=O) groups excluding carboxylic acids is 2. The van der Waals surface area contributed by atoms with E-state index in [2.05, 4.69) is 4.98 Å². The second-order valence-corrected chi connectivity index (χ2v) is 6.05. The van der Waals surface area contributed by atoms with Gasteiger partial charge in [-0.2, -0.15) is 0 Å². The van der Waals surface area contributed by atoms with E-state index in [4.69, 9.17) is 25.8 Å².